The van der Waals surface area contributed by atoms with Crippen molar-refractivity contribution in [1.29, 1.82) is 0 Å². The van der Waals surface area contributed by atoms with Gasteiger partial charge in [-0.1, -0.05) is 0 Å². The fourth-order valence-corrected chi connectivity index (χ4v) is 2.34. The summed E-state index contributed by atoms with van der Waals surface area (Å²) >= 11 is 0. The molecule has 0 amide bonds. The molecule has 3 rings (SSSR count). The van der Waals surface area contributed by atoms with Gasteiger partial charge in [0.15, 0.2) is 0 Å². The Bertz CT molecular complexity index is 811. The average molecular weight is 243 g/mol. The van der Waals surface area contributed by atoms with Crippen LogP contribution in [0, 0.1) is 13.8 Å². The lowest BCUT2D eigenvalue weighted by Gasteiger charge is -2.05. The molecule has 18 heavy (non-hydrogen) atoms. The second-order valence-electron chi connectivity index (χ2n) is 4.46. The Morgan fingerprint density at radius 3 is 2.61 bits per heavy atom. The minimum atomic E-state index is -0.364. The molecule has 0 aliphatic rings. The lowest BCUT2D eigenvalue weighted by molar-refractivity contribution is 0.549. The number of benzene rings is 1. The largest absolute Gasteiger partial charge is 0.461 e. The molecule has 0 spiro atoms. The molecule has 2 N–H and O–H groups in total. The van der Waals surface area contributed by atoms with Gasteiger partial charge in [0.05, 0.1) is 5.56 Å². The molecule has 92 valence electrons. The molecule has 0 bridgehead atoms. The Balaban J connectivity index is 2.61. The lowest BCUT2D eigenvalue weighted by atomic mass is 10.0. The highest BCUT2D eigenvalue weighted by Gasteiger charge is 2.14. The smallest absolute Gasteiger partial charge is 0.336 e. The van der Waals surface area contributed by atoms with Crippen LogP contribution < -0.4 is 11.4 Å². The maximum absolute atomic E-state index is 11.5. The fourth-order valence-electron chi connectivity index (χ4n) is 2.34. The third-order valence-electron chi connectivity index (χ3n) is 3.14. The van der Waals surface area contributed by atoms with Crippen LogP contribution in [-0.4, -0.2) is 0 Å². The molecular weight excluding hydrogens is 230 g/mol. The number of rotatable bonds is 1. The predicted molar refractivity (Wildman–Crippen MR) is 69.6 cm³/mol. The van der Waals surface area contributed by atoms with Crippen LogP contribution in [-0.2, 0) is 6.54 Å². The molecule has 2 aromatic heterocycles. The highest BCUT2D eigenvalue weighted by Crippen LogP contribution is 2.31. The van der Waals surface area contributed by atoms with Gasteiger partial charge in [0.1, 0.15) is 16.9 Å². The van der Waals surface area contributed by atoms with Gasteiger partial charge >= 0.3 is 5.63 Å². The number of furan rings is 1. The zero-order valence-electron chi connectivity index (χ0n) is 10.2. The van der Waals surface area contributed by atoms with E-state index in [1.54, 1.807) is 0 Å². The summed E-state index contributed by atoms with van der Waals surface area (Å²) in [5, 5.41) is 1.89. The molecule has 0 saturated heterocycles. The van der Waals surface area contributed by atoms with Crippen molar-refractivity contribution >= 4 is 21.9 Å². The van der Waals surface area contributed by atoms with Crippen LogP contribution in [0.15, 0.2) is 31.8 Å². The van der Waals surface area contributed by atoms with Gasteiger partial charge in [-0.2, -0.15) is 0 Å². The van der Waals surface area contributed by atoms with E-state index in [0.29, 0.717) is 11.2 Å². The molecule has 0 atom stereocenters. The zero-order valence-corrected chi connectivity index (χ0v) is 10.2. The van der Waals surface area contributed by atoms with Gasteiger partial charge in [0, 0.05) is 23.4 Å². The highest BCUT2D eigenvalue weighted by atomic mass is 16.4. The molecule has 4 heteroatoms. The molecule has 0 saturated carbocycles. The molecule has 0 aliphatic heterocycles. The number of fused-ring (bicyclic) bond motifs is 2. The minimum Gasteiger partial charge on any atom is -0.461 e. The summed E-state index contributed by atoms with van der Waals surface area (Å²) in [4.78, 5) is 11.5. The van der Waals surface area contributed by atoms with E-state index < -0.39 is 0 Å². The average Bonchev–Trinajstić information content (AvgIpc) is 2.66. The maximum atomic E-state index is 11.5. The van der Waals surface area contributed by atoms with Gasteiger partial charge < -0.3 is 14.6 Å². The summed E-state index contributed by atoms with van der Waals surface area (Å²) in [6, 6.07) is 5.42. The van der Waals surface area contributed by atoms with Crippen molar-refractivity contribution in [2.75, 3.05) is 0 Å². The molecule has 3 aromatic rings. The van der Waals surface area contributed by atoms with Gasteiger partial charge in [0.2, 0.25) is 0 Å². The number of nitrogens with two attached hydrogens (primary N) is 1. The van der Waals surface area contributed by atoms with Crippen molar-refractivity contribution in [1.82, 2.24) is 0 Å². The van der Waals surface area contributed by atoms with Gasteiger partial charge in [0.25, 0.3) is 0 Å². The molecule has 2 heterocycles. The summed E-state index contributed by atoms with van der Waals surface area (Å²) in [7, 11) is 0. The molecule has 0 unspecified atom stereocenters. The normalized spacial score (nSPS) is 11.5. The third-order valence-corrected chi connectivity index (χ3v) is 3.14. The number of aryl methyl sites for hydroxylation is 2. The van der Waals surface area contributed by atoms with E-state index in [1.807, 2.05) is 26.0 Å². The summed E-state index contributed by atoms with van der Waals surface area (Å²) in [6.45, 7) is 4.04. The Labute approximate surface area is 103 Å². The van der Waals surface area contributed by atoms with Crippen molar-refractivity contribution in [3.05, 3.63) is 45.5 Å². The van der Waals surface area contributed by atoms with Crippen LogP contribution in [0.5, 0.6) is 0 Å². The van der Waals surface area contributed by atoms with Crippen molar-refractivity contribution in [2.45, 2.75) is 20.4 Å². The van der Waals surface area contributed by atoms with Crippen LogP contribution in [0.3, 0.4) is 0 Å². The molecule has 0 fully saturated rings. The maximum Gasteiger partial charge on any atom is 0.336 e. The molecule has 4 nitrogen and oxygen atoms in total. The monoisotopic (exact) mass is 243 g/mol. The first-order chi connectivity index (χ1) is 8.60. The van der Waals surface area contributed by atoms with Crippen LogP contribution >= 0.6 is 0 Å². The van der Waals surface area contributed by atoms with E-state index in [4.69, 9.17) is 14.6 Å². The summed E-state index contributed by atoms with van der Waals surface area (Å²) in [6.07, 6.45) is 0. The third kappa shape index (κ3) is 1.46. The molecular formula is C14H13NO3. The Hall–Kier alpha value is -2.07. The zero-order chi connectivity index (χ0) is 12.9. The summed E-state index contributed by atoms with van der Waals surface area (Å²) in [5.41, 5.74) is 8.27. The minimum absolute atomic E-state index is 0.271. The molecule has 0 radical (unpaired) electrons. The number of hydrogen-bond acceptors (Lipinski definition) is 4. The van der Waals surface area contributed by atoms with Crippen molar-refractivity contribution < 1.29 is 8.83 Å². The van der Waals surface area contributed by atoms with Gasteiger partial charge in [-0.05, 0) is 31.5 Å². The van der Waals surface area contributed by atoms with Crippen molar-refractivity contribution in [3.8, 4) is 0 Å². The van der Waals surface area contributed by atoms with Crippen LogP contribution in [0.2, 0.25) is 0 Å². The van der Waals surface area contributed by atoms with E-state index in [-0.39, 0.29) is 12.2 Å². The predicted octanol–water partition coefficient (Wildman–Crippen LogP) is 2.61. The SMILES string of the molecule is Cc1cc2cc3c(C)cc(=O)oc3c(CN)c2o1. The number of hydrogen-bond donors (Lipinski definition) is 1. The van der Waals surface area contributed by atoms with Crippen molar-refractivity contribution in [3.63, 3.8) is 0 Å². The Morgan fingerprint density at radius 2 is 1.89 bits per heavy atom. The van der Waals surface area contributed by atoms with Gasteiger partial charge in [-0.25, -0.2) is 4.79 Å². The first kappa shape index (κ1) is 11.0. The van der Waals surface area contributed by atoms with E-state index in [9.17, 15) is 4.79 Å². The first-order valence-electron chi connectivity index (χ1n) is 5.76. The van der Waals surface area contributed by atoms with Crippen molar-refractivity contribution in [2.24, 2.45) is 5.73 Å². The topological polar surface area (TPSA) is 69.4 Å². The standard InChI is InChI=1S/C14H13NO3/c1-7-3-12(16)18-14-10(7)5-9-4-8(2)17-13(9)11(14)6-15/h3-5H,6,15H2,1-2H3. The molecule has 0 aliphatic carbocycles. The Kier molecular flexibility index (Phi) is 2.28. The van der Waals surface area contributed by atoms with Crippen LogP contribution in [0.25, 0.3) is 21.9 Å². The van der Waals surface area contributed by atoms with Gasteiger partial charge in [-0.15, -0.1) is 0 Å². The van der Waals surface area contributed by atoms with Crippen LogP contribution in [0.1, 0.15) is 16.9 Å². The van der Waals surface area contributed by atoms with E-state index in [2.05, 4.69) is 0 Å². The van der Waals surface area contributed by atoms with Gasteiger partial charge in [-0.3, -0.25) is 0 Å². The van der Waals surface area contributed by atoms with E-state index in [1.165, 1.54) is 6.07 Å². The van der Waals surface area contributed by atoms with Crippen LogP contribution in [0.4, 0.5) is 0 Å². The first-order valence-corrected chi connectivity index (χ1v) is 5.76. The van der Waals surface area contributed by atoms with E-state index >= 15 is 0 Å². The quantitative estimate of drug-likeness (QED) is 0.667. The molecule has 1 aromatic carbocycles. The fraction of sp³-hybridized carbons (Fsp3) is 0.214. The summed E-state index contributed by atoms with van der Waals surface area (Å²) < 4.78 is 10.9. The second-order valence-corrected chi connectivity index (χ2v) is 4.46. The summed E-state index contributed by atoms with van der Waals surface area (Å²) in [5.74, 6) is 0.815. The second kappa shape index (κ2) is 3.71. The van der Waals surface area contributed by atoms with E-state index in [0.717, 1.165) is 27.7 Å². The lowest BCUT2D eigenvalue weighted by Crippen LogP contribution is -2.03. The Morgan fingerprint density at radius 1 is 1.11 bits per heavy atom. The highest BCUT2D eigenvalue weighted by molar-refractivity contribution is 5.98.